The van der Waals surface area contributed by atoms with Gasteiger partial charge in [-0.3, -0.25) is 0 Å². The standard InChI is InChI=1S/C10H9ClF5NO2S/c11-3-4-17(6-10(14,15)16)20(18,19)7-1-2-8(12)9(13)5-7/h1-2,5H,3-4,6H2. The molecule has 0 unspecified atom stereocenters. The predicted molar refractivity (Wildman–Crippen MR) is 61.9 cm³/mol. The molecule has 0 saturated heterocycles. The van der Waals surface area contributed by atoms with Gasteiger partial charge in [-0.15, -0.1) is 11.6 Å². The summed E-state index contributed by atoms with van der Waals surface area (Å²) in [7, 11) is -4.61. The molecule has 0 heterocycles. The lowest BCUT2D eigenvalue weighted by atomic mass is 10.3. The first-order chi connectivity index (χ1) is 9.08. The topological polar surface area (TPSA) is 37.4 Å². The molecule has 1 rings (SSSR count). The quantitative estimate of drug-likeness (QED) is 0.612. The third kappa shape index (κ3) is 4.29. The lowest BCUT2D eigenvalue weighted by molar-refractivity contribution is -0.135. The van der Waals surface area contributed by atoms with E-state index < -0.39 is 45.8 Å². The zero-order valence-corrected chi connectivity index (χ0v) is 11.4. The monoisotopic (exact) mass is 337 g/mol. The molecule has 20 heavy (non-hydrogen) atoms. The van der Waals surface area contributed by atoms with Gasteiger partial charge < -0.3 is 0 Å². The Bertz CT molecular complexity index is 576. The number of benzene rings is 1. The predicted octanol–water partition coefficient (Wildman–Crippen LogP) is 2.76. The Morgan fingerprint density at radius 2 is 1.75 bits per heavy atom. The maximum absolute atomic E-state index is 13.0. The van der Waals surface area contributed by atoms with Crippen molar-refractivity contribution in [2.75, 3.05) is 19.0 Å². The largest absolute Gasteiger partial charge is 0.402 e. The van der Waals surface area contributed by atoms with Gasteiger partial charge in [0.25, 0.3) is 0 Å². The Morgan fingerprint density at radius 1 is 1.15 bits per heavy atom. The van der Waals surface area contributed by atoms with Crippen LogP contribution < -0.4 is 0 Å². The molecule has 0 radical (unpaired) electrons. The maximum Gasteiger partial charge on any atom is 0.402 e. The Kier molecular flexibility index (Phi) is 5.33. The maximum atomic E-state index is 13.0. The number of hydrogen-bond acceptors (Lipinski definition) is 2. The third-order valence-electron chi connectivity index (χ3n) is 2.22. The average Bonchev–Trinajstić information content (AvgIpc) is 2.30. The molecule has 0 saturated carbocycles. The van der Waals surface area contributed by atoms with E-state index in [1.54, 1.807) is 0 Å². The molecular weight excluding hydrogens is 329 g/mol. The molecule has 1 aromatic rings. The molecule has 0 amide bonds. The fraction of sp³-hybridized carbons (Fsp3) is 0.400. The molecule has 0 aliphatic rings. The highest BCUT2D eigenvalue weighted by atomic mass is 35.5. The van der Waals surface area contributed by atoms with Gasteiger partial charge >= 0.3 is 6.18 Å². The second kappa shape index (κ2) is 6.23. The van der Waals surface area contributed by atoms with Crippen molar-refractivity contribution in [2.24, 2.45) is 0 Å². The Morgan fingerprint density at radius 3 is 2.20 bits per heavy atom. The summed E-state index contributed by atoms with van der Waals surface area (Å²) in [5.41, 5.74) is 0. The smallest absolute Gasteiger partial charge is 0.207 e. The van der Waals surface area contributed by atoms with Gasteiger partial charge in [-0.05, 0) is 18.2 Å². The van der Waals surface area contributed by atoms with Crippen LogP contribution in [0.3, 0.4) is 0 Å². The molecule has 0 aliphatic heterocycles. The van der Waals surface area contributed by atoms with Crippen LogP contribution in [0.1, 0.15) is 0 Å². The molecule has 0 atom stereocenters. The van der Waals surface area contributed by atoms with Crippen molar-refractivity contribution in [1.29, 1.82) is 0 Å². The van der Waals surface area contributed by atoms with E-state index in [9.17, 15) is 30.4 Å². The minimum Gasteiger partial charge on any atom is -0.207 e. The molecule has 1 aromatic carbocycles. The summed E-state index contributed by atoms with van der Waals surface area (Å²) >= 11 is 5.27. The van der Waals surface area contributed by atoms with E-state index >= 15 is 0 Å². The minimum absolute atomic E-state index is 0.0622. The van der Waals surface area contributed by atoms with Gasteiger partial charge in [-0.25, -0.2) is 17.2 Å². The first-order valence-electron chi connectivity index (χ1n) is 5.16. The van der Waals surface area contributed by atoms with Crippen molar-refractivity contribution >= 4 is 21.6 Å². The summed E-state index contributed by atoms with van der Waals surface area (Å²) < 4.78 is 86.7. The third-order valence-corrected chi connectivity index (χ3v) is 4.23. The van der Waals surface area contributed by atoms with Crippen LogP contribution in [0.2, 0.25) is 0 Å². The van der Waals surface area contributed by atoms with Crippen molar-refractivity contribution < 1.29 is 30.4 Å². The zero-order chi connectivity index (χ0) is 15.6. The lowest BCUT2D eigenvalue weighted by Gasteiger charge is -2.22. The molecule has 3 nitrogen and oxygen atoms in total. The van der Waals surface area contributed by atoms with E-state index in [4.69, 9.17) is 11.6 Å². The van der Waals surface area contributed by atoms with Crippen molar-refractivity contribution in [1.82, 2.24) is 4.31 Å². The number of sulfonamides is 1. The van der Waals surface area contributed by atoms with Crippen molar-refractivity contribution in [3.05, 3.63) is 29.8 Å². The Balaban J connectivity index is 3.18. The highest BCUT2D eigenvalue weighted by Crippen LogP contribution is 2.23. The van der Waals surface area contributed by atoms with Gasteiger partial charge in [0.2, 0.25) is 10.0 Å². The fourth-order valence-electron chi connectivity index (χ4n) is 1.36. The summed E-state index contributed by atoms with van der Waals surface area (Å²) in [4.78, 5) is -0.772. The van der Waals surface area contributed by atoms with E-state index in [0.29, 0.717) is 18.2 Å². The number of nitrogens with zero attached hydrogens (tertiary/aromatic N) is 1. The highest BCUT2D eigenvalue weighted by molar-refractivity contribution is 7.89. The Labute approximate surface area is 117 Å². The van der Waals surface area contributed by atoms with Crippen LogP contribution in [0, 0.1) is 11.6 Å². The number of rotatable bonds is 5. The van der Waals surface area contributed by atoms with E-state index in [2.05, 4.69) is 0 Å². The van der Waals surface area contributed by atoms with Crippen LogP contribution in [0.15, 0.2) is 23.1 Å². The SMILES string of the molecule is O=S(=O)(c1ccc(F)c(F)c1)N(CCCl)CC(F)(F)F. The van der Waals surface area contributed by atoms with Crippen LogP contribution in [0.4, 0.5) is 22.0 Å². The van der Waals surface area contributed by atoms with Crippen molar-refractivity contribution in [3.8, 4) is 0 Å². The minimum atomic E-state index is -4.78. The van der Waals surface area contributed by atoms with Crippen LogP contribution in [0.25, 0.3) is 0 Å². The number of hydrogen-bond donors (Lipinski definition) is 0. The second-order valence-corrected chi connectivity index (χ2v) is 6.03. The second-order valence-electron chi connectivity index (χ2n) is 3.72. The molecule has 0 aromatic heterocycles. The summed E-state index contributed by atoms with van der Waals surface area (Å²) in [5.74, 6) is -3.15. The van der Waals surface area contributed by atoms with Gasteiger partial charge in [-0.1, -0.05) is 0 Å². The Hall–Kier alpha value is -0.930. The fourth-order valence-corrected chi connectivity index (χ4v) is 3.11. The van der Waals surface area contributed by atoms with Crippen LogP contribution in [0.5, 0.6) is 0 Å². The van der Waals surface area contributed by atoms with E-state index in [0.717, 1.165) is 0 Å². The molecule has 114 valence electrons. The van der Waals surface area contributed by atoms with Crippen molar-refractivity contribution in [3.63, 3.8) is 0 Å². The summed E-state index contributed by atoms with van der Waals surface area (Å²) in [6.07, 6.45) is -4.78. The van der Waals surface area contributed by atoms with Gasteiger partial charge in [0.1, 0.15) is 6.54 Å². The summed E-state index contributed by atoms with van der Waals surface area (Å²) in [6, 6.07) is 1.53. The lowest BCUT2D eigenvalue weighted by Crippen LogP contribution is -2.40. The van der Waals surface area contributed by atoms with Gasteiger partial charge in [0, 0.05) is 12.4 Å². The normalized spacial score (nSPS) is 12.9. The first-order valence-corrected chi connectivity index (χ1v) is 7.13. The number of halogens is 6. The van der Waals surface area contributed by atoms with Gasteiger partial charge in [0.15, 0.2) is 11.6 Å². The van der Waals surface area contributed by atoms with Crippen LogP contribution >= 0.6 is 11.6 Å². The molecule has 0 bridgehead atoms. The molecule has 0 fully saturated rings. The van der Waals surface area contributed by atoms with E-state index in [1.807, 2.05) is 0 Å². The van der Waals surface area contributed by atoms with E-state index in [-0.39, 0.29) is 10.2 Å². The molecular formula is C10H9ClF5NO2S. The van der Waals surface area contributed by atoms with Crippen LogP contribution in [-0.4, -0.2) is 37.9 Å². The zero-order valence-electron chi connectivity index (χ0n) is 9.79. The van der Waals surface area contributed by atoms with Gasteiger partial charge in [-0.2, -0.15) is 17.5 Å². The van der Waals surface area contributed by atoms with Crippen molar-refractivity contribution in [2.45, 2.75) is 11.1 Å². The molecule has 0 spiro atoms. The average molecular weight is 338 g/mol. The number of alkyl halides is 4. The highest BCUT2D eigenvalue weighted by Gasteiger charge is 2.36. The van der Waals surface area contributed by atoms with Gasteiger partial charge in [0.05, 0.1) is 4.90 Å². The summed E-state index contributed by atoms with van der Waals surface area (Å²) in [6.45, 7) is -2.37. The molecule has 10 heteroatoms. The van der Waals surface area contributed by atoms with E-state index in [1.165, 1.54) is 0 Å². The first kappa shape index (κ1) is 17.1. The summed E-state index contributed by atoms with van der Waals surface area (Å²) in [5, 5.41) is 0. The van der Waals surface area contributed by atoms with Crippen LogP contribution in [-0.2, 0) is 10.0 Å². The molecule has 0 N–H and O–H groups in total. The molecule has 0 aliphatic carbocycles.